The topological polar surface area (TPSA) is 70.3 Å². The Balaban J connectivity index is 2.46. The SMILES string of the molecule is CCOCCOc1ncnc(Cl)c1N. The summed E-state index contributed by atoms with van der Waals surface area (Å²) in [5.41, 5.74) is 5.83. The average Bonchev–Trinajstić information content (AvgIpc) is 2.19. The van der Waals surface area contributed by atoms with Gasteiger partial charge in [-0.25, -0.2) is 4.98 Å². The normalized spacial score (nSPS) is 10.1. The van der Waals surface area contributed by atoms with E-state index >= 15 is 0 Å². The van der Waals surface area contributed by atoms with E-state index in [9.17, 15) is 0 Å². The maximum Gasteiger partial charge on any atom is 0.241 e. The lowest BCUT2D eigenvalue weighted by Crippen LogP contribution is -2.09. The summed E-state index contributed by atoms with van der Waals surface area (Å²) in [6, 6.07) is 0. The lowest BCUT2D eigenvalue weighted by molar-refractivity contribution is 0.108. The molecular formula is C8H12ClN3O2. The van der Waals surface area contributed by atoms with E-state index < -0.39 is 0 Å². The van der Waals surface area contributed by atoms with E-state index in [1.54, 1.807) is 0 Å². The number of aromatic nitrogens is 2. The second-order valence-electron chi connectivity index (χ2n) is 2.43. The number of halogens is 1. The van der Waals surface area contributed by atoms with Crippen LogP contribution in [0.25, 0.3) is 0 Å². The molecule has 0 saturated heterocycles. The Bertz CT molecular complexity index is 296. The van der Waals surface area contributed by atoms with Crippen molar-refractivity contribution in [3.63, 3.8) is 0 Å². The predicted octanol–water partition coefficient (Wildman–Crippen LogP) is 1.13. The van der Waals surface area contributed by atoms with Crippen molar-refractivity contribution in [1.82, 2.24) is 9.97 Å². The van der Waals surface area contributed by atoms with Crippen LogP contribution in [0.5, 0.6) is 5.88 Å². The Morgan fingerprint density at radius 1 is 1.43 bits per heavy atom. The van der Waals surface area contributed by atoms with Crippen LogP contribution in [0.1, 0.15) is 6.92 Å². The molecule has 1 aromatic heterocycles. The molecule has 0 amide bonds. The maximum atomic E-state index is 5.67. The minimum atomic E-state index is 0.200. The molecule has 0 saturated carbocycles. The van der Waals surface area contributed by atoms with Gasteiger partial charge < -0.3 is 15.2 Å². The van der Waals surface area contributed by atoms with Crippen molar-refractivity contribution in [2.45, 2.75) is 6.92 Å². The average molecular weight is 218 g/mol. The fourth-order valence-electron chi connectivity index (χ4n) is 0.816. The summed E-state index contributed by atoms with van der Waals surface area (Å²) < 4.78 is 10.3. The highest BCUT2D eigenvalue weighted by molar-refractivity contribution is 6.32. The third-order valence-corrected chi connectivity index (χ3v) is 1.77. The molecule has 0 spiro atoms. The smallest absolute Gasteiger partial charge is 0.241 e. The van der Waals surface area contributed by atoms with E-state index in [1.165, 1.54) is 6.33 Å². The first kappa shape index (κ1) is 11.0. The predicted molar refractivity (Wildman–Crippen MR) is 53.4 cm³/mol. The number of nitrogen functional groups attached to an aromatic ring is 1. The van der Waals surface area contributed by atoms with Gasteiger partial charge in [0.25, 0.3) is 0 Å². The summed E-state index contributed by atoms with van der Waals surface area (Å²) in [5.74, 6) is 0.296. The van der Waals surface area contributed by atoms with E-state index in [-0.39, 0.29) is 10.8 Å². The molecule has 14 heavy (non-hydrogen) atoms. The number of nitrogens with two attached hydrogens (primary N) is 1. The van der Waals surface area contributed by atoms with Crippen molar-refractivity contribution in [3.8, 4) is 5.88 Å². The standard InChI is InChI=1S/C8H12ClN3O2/c1-2-13-3-4-14-8-6(10)7(9)11-5-12-8/h5H,2-4,10H2,1H3. The van der Waals surface area contributed by atoms with Crippen LogP contribution in [0.15, 0.2) is 6.33 Å². The fraction of sp³-hybridized carbons (Fsp3) is 0.500. The molecule has 0 aliphatic carbocycles. The molecule has 0 aliphatic heterocycles. The highest BCUT2D eigenvalue weighted by atomic mass is 35.5. The number of ether oxygens (including phenoxy) is 2. The van der Waals surface area contributed by atoms with Crippen LogP contribution in [0.3, 0.4) is 0 Å². The van der Waals surface area contributed by atoms with Gasteiger partial charge in [-0.2, -0.15) is 4.98 Å². The van der Waals surface area contributed by atoms with Crippen LogP contribution in [-0.2, 0) is 4.74 Å². The molecule has 1 rings (SSSR count). The minimum absolute atomic E-state index is 0.200. The molecule has 0 unspecified atom stereocenters. The van der Waals surface area contributed by atoms with Gasteiger partial charge in [0, 0.05) is 6.61 Å². The van der Waals surface area contributed by atoms with Crippen molar-refractivity contribution < 1.29 is 9.47 Å². The van der Waals surface area contributed by atoms with E-state index in [0.29, 0.717) is 25.7 Å². The first-order chi connectivity index (χ1) is 6.75. The van der Waals surface area contributed by atoms with Gasteiger partial charge >= 0.3 is 0 Å². The van der Waals surface area contributed by atoms with Gasteiger partial charge in [-0.1, -0.05) is 11.6 Å². The second-order valence-corrected chi connectivity index (χ2v) is 2.79. The summed E-state index contributed by atoms with van der Waals surface area (Å²) in [6.45, 7) is 3.46. The van der Waals surface area contributed by atoms with Crippen molar-refractivity contribution >= 4 is 17.3 Å². The monoisotopic (exact) mass is 217 g/mol. The number of hydrogen-bond donors (Lipinski definition) is 1. The van der Waals surface area contributed by atoms with Crippen LogP contribution >= 0.6 is 11.6 Å². The van der Waals surface area contributed by atoms with Crippen molar-refractivity contribution in [3.05, 3.63) is 11.5 Å². The van der Waals surface area contributed by atoms with Crippen molar-refractivity contribution in [2.24, 2.45) is 0 Å². The Labute approximate surface area is 87.2 Å². The second kappa shape index (κ2) is 5.62. The van der Waals surface area contributed by atoms with Gasteiger partial charge in [0.15, 0.2) is 5.15 Å². The molecule has 5 nitrogen and oxygen atoms in total. The number of anilines is 1. The van der Waals surface area contributed by atoms with Gasteiger partial charge in [-0.3, -0.25) is 0 Å². The molecular weight excluding hydrogens is 206 g/mol. The first-order valence-corrected chi connectivity index (χ1v) is 4.60. The van der Waals surface area contributed by atoms with Gasteiger partial charge in [-0.05, 0) is 6.92 Å². The van der Waals surface area contributed by atoms with E-state index in [0.717, 1.165) is 0 Å². The largest absolute Gasteiger partial charge is 0.474 e. The van der Waals surface area contributed by atoms with E-state index in [2.05, 4.69) is 9.97 Å². The quantitative estimate of drug-likeness (QED) is 0.591. The molecule has 0 aromatic carbocycles. The summed E-state index contributed by atoms with van der Waals surface area (Å²) in [6.07, 6.45) is 1.30. The molecule has 0 aliphatic rings. The molecule has 0 atom stereocenters. The first-order valence-electron chi connectivity index (χ1n) is 4.22. The molecule has 1 heterocycles. The Hall–Kier alpha value is -1.07. The number of hydrogen-bond acceptors (Lipinski definition) is 5. The lowest BCUT2D eigenvalue weighted by atomic mass is 10.5. The highest BCUT2D eigenvalue weighted by Crippen LogP contribution is 2.23. The zero-order valence-electron chi connectivity index (χ0n) is 7.86. The third kappa shape index (κ3) is 3.01. The summed E-state index contributed by atoms with van der Waals surface area (Å²) in [7, 11) is 0. The van der Waals surface area contributed by atoms with Crippen LogP contribution in [0.4, 0.5) is 5.69 Å². The minimum Gasteiger partial charge on any atom is -0.474 e. The molecule has 0 fully saturated rings. The Kier molecular flexibility index (Phi) is 4.42. The summed E-state index contributed by atoms with van der Waals surface area (Å²) in [4.78, 5) is 7.54. The summed E-state index contributed by atoms with van der Waals surface area (Å²) in [5, 5.41) is 0.200. The van der Waals surface area contributed by atoms with Crippen LogP contribution in [0, 0.1) is 0 Å². The van der Waals surface area contributed by atoms with E-state index in [1.807, 2.05) is 6.92 Å². The van der Waals surface area contributed by atoms with Crippen LogP contribution < -0.4 is 10.5 Å². The molecule has 0 bridgehead atoms. The van der Waals surface area contributed by atoms with Gasteiger partial charge in [0.1, 0.15) is 18.6 Å². The van der Waals surface area contributed by atoms with Crippen molar-refractivity contribution in [2.75, 3.05) is 25.6 Å². The maximum absolute atomic E-state index is 5.67. The Morgan fingerprint density at radius 3 is 2.93 bits per heavy atom. The fourth-order valence-corrected chi connectivity index (χ4v) is 0.940. The van der Waals surface area contributed by atoms with Gasteiger partial charge in [0.2, 0.25) is 5.88 Å². The number of rotatable bonds is 5. The van der Waals surface area contributed by atoms with Crippen molar-refractivity contribution in [1.29, 1.82) is 0 Å². The van der Waals surface area contributed by atoms with Crippen LogP contribution in [-0.4, -0.2) is 29.8 Å². The van der Waals surface area contributed by atoms with E-state index in [4.69, 9.17) is 26.8 Å². The van der Waals surface area contributed by atoms with Crippen LogP contribution in [0.2, 0.25) is 5.15 Å². The highest BCUT2D eigenvalue weighted by Gasteiger charge is 2.06. The molecule has 78 valence electrons. The Morgan fingerprint density at radius 2 is 2.21 bits per heavy atom. The summed E-state index contributed by atoms with van der Waals surface area (Å²) >= 11 is 5.67. The molecule has 6 heteroatoms. The third-order valence-electron chi connectivity index (χ3n) is 1.47. The molecule has 2 N–H and O–H groups in total. The zero-order valence-corrected chi connectivity index (χ0v) is 8.62. The lowest BCUT2D eigenvalue weighted by Gasteiger charge is -2.07. The number of nitrogens with zero attached hydrogens (tertiary/aromatic N) is 2. The zero-order chi connectivity index (χ0) is 10.4. The van der Waals surface area contributed by atoms with Gasteiger partial charge in [-0.15, -0.1) is 0 Å². The molecule has 1 aromatic rings. The molecule has 0 radical (unpaired) electrons. The van der Waals surface area contributed by atoms with Gasteiger partial charge in [0.05, 0.1) is 6.61 Å².